The van der Waals surface area contributed by atoms with Gasteiger partial charge in [0.2, 0.25) is 0 Å². The fourth-order valence-corrected chi connectivity index (χ4v) is 3.23. The van der Waals surface area contributed by atoms with E-state index in [4.69, 9.17) is 4.74 Å². The zero-order valence-corrected chi connectivity index (χ0v) is 14.7. The lowest BCUT2D eigenvalue weighted by Gasteiger charge is -2.37. The molecule has 0 saturated carbocycles. The van der Waals surface area contributed by atoms with Crippen molar-refractivity contribution in [2.45, 2.75) is 66.8 Å². The van der Waals surface area contributed by atoms with Gasteiger partial charge in [-0.3, -0.25) is 4.90 Å². The highest BCUT2D eigenvalue weighted by molar-refractivity contribution is 5.79. The maximum Gasteiger partial charge on any atom is 0.327 e. The molecule has 1 aliphatic carbocycles. The van der Waals surface area contributed by atoms with Crippen LogP contribution in [0.2, 0.25) is 0 Å². The second kappa shape index (κ2) is 7.98. The third-order valence-electron chi connectivity index (χ3n) is 4.71. The van der Waals surface area contributed by atoms with Gasteiger partial charge in [-0.1, -0.05) is 40.7 Å². The van der Waals surface area contributed by atoms with Crippen molar-refractivity contribution in [3.05, 3.63) is 11.6 Å². The number of likely N-dealkylation sites (N-methyl/N-ethyl adjacent to an activating group) is 1. The minimum Gasteiger partial charge on any atom is -0.465 e. The van der Waals surface area contributed by atoms with E-state index in [1.165, 1.54) is 12.0 Å². The van der Waals surface area contributed by atoms with Crippen LogP contribution in [0.1, 0.15) is 60.8 Å². The minimum atomic E-state index is -0.180. The van der Waals surface area contributed by atoms with Gasteiger partial charge in [-0.05, 0) is 56.2 Å². The SMILES string of the molecule is CCOC(=O)C(C1=CCC(C(C)(C)C)CC1)N(CC)CC. The number of rotatable bonds is 6. The number of nitrogens with zero attached hydrogens (tertiary/aromatic N) is 1. The molecule has 1 rings (SSSR count). The summed E-state index contributed by atoms with van der Waals surface area (Å²) < 4.78 is 5.31. The lowest BCUT2D eigenvalue weighted by atomic mass is 9.72. The van der Waals surface area contributed by atoms with E-state index in [1.54, 1.807) is 0 Å². The van der Waals surface area contributed by atoms with E-state index in [0.717, 1.165) is 25.9 Å². The van der Waals surface area contributed by atoms with E-state index in [-0.39, 0.29) is 12.0 Å². The molecule has 122 valence electrons. The Bertz CT molecular complexity index is 364. The van der Waals surface area contributed by atoms with Crippen LogP contribution in [-0.2, 0) is 9.53 Å². The van der Waals surface area contributed by atoms with Gasteiger partial charge < -0.3 is 4.74 Å². The normalized spacial score (nSPS) is 21.1. The number of allylic oxidation sites excluding steroid dienone is 1. The highest BCUT2D eigenvalue weighted by Gasteiger charge is 2.33. The molecule has 0 N–H and O–H groups in total. The largest absolute Gasteiger partial charge is 0.465 e. The molecule has 0 aromatic carbocycles. The number of carbonyl (C=O) groups is 1. The molecule has 0 saturated heterocycles. The van der Waals surface area contributed by atoms with Crippen molar-refractivity contribution in [1.29, 1.82) is 0 Å². The lowest BCUT2D eigenvalue weighted by molar-refractivity contribution is -0.148. The molecule has 0 heterocycles. The highest BCUT2D eigenvalue weighted by atomic mass is 16.5. The molecule has 0 aromatic rings. The van der Waals surface area contributed by atoms with Gasteiger partial charge >= 0.3 is 5.97 Å². The van der Waals surface area contributed by atoms with Crippen molar-refractivity contribution in [2.75, 3.05) is 19.7 Å². The molecule has 3 nitrogen and oxygen atoms in total. The van der Waals surface area contributed by atoms with E-state index in [2.05, 4.69) is 45.6 Å². The molecule has 1 aliphatic rings. The first kappa shape index (κ1) is 18.2. The summed E-state index contributed by atoms with van der Waals surface area (Å²) in [5.74, 6) is 0.627. The fourth-order valence-electron chi connectivity index (χ4n) is 3.23. The smallest absolute Gasteiger partial charge is 0.327 e. The zero-order chi connectivity index (χ0) is 16.0. The molecule has 21 heavy (non-hydrogen) atoms. The highest BCUT2D eigenvalue weighted by Crippen LogP contribution is 2.38. The topological polar surface area (TPSA) is 29.5 Å². The van der Waals surface area contributed by atoms with Crippen LogP contribution in [0.4, 0.5) is 0 Å². The lowest BCUT2D eigenvalue weighted by Crippen LogP contribution is -2.44. The molecule has 3 heteroatoms. The van der Waals surface area contributed by atoms with Crippen LogP contribution in [0.5, 0.6) is 0 Å². The van der Waals surface area contributed by atoms with Crippen molar-refractivity contribution in [1.82, 2.24) is 4.90 Å². The Morgan fingerprint density at radius 3 is 2.33 bits per heavy atom. The first-order chi connectivity index (χ1) is 9.85. The third-order valence-corrected chi connectivity index (χ3v) is 4.71. The van der Waals surface area contributed by atoms with Crippen LogP contribution < -0.4 is 0 Å². The molecular weight excluding hydrogens is 262 g/mol. The Kier molecular flexibility index (Phi) is 6.92. The van der Waals surface area contributed by atoms with Crippen molar-refractivity contribution in [2.24, 2.45) is 11.3 Å². The van der Waals surface area contributed by atoms with Gasteiger partial charge in [0.1, 0.15) is 6.04 Å². The maximum atomic E-state index is 12.4. The first-order valence-electron chi connectivity index (χ1n) is 8.44. The Hall–Kier alpha value is -0.830. The molecule has 0 radical (unpaired) electrons. The average Bonchev–Trinajstić information content (AvgIpc) is 2.44. The van der Waals surface area contributed by atoms with Gasteiger partial charge in [0, 0.05) is 0 Å². The van der Waals surface area contributed by atoms with Crippen LogP contribution >= 0.6 is 0 Å². The predicted molar refractivity (Wildman–Crippen MR) is 88.2 cm³/mol. The maximum absolute atomic E-state index is 12.4. The quantitative estimate of drug-likeness (QED) is 0.547. The van der Waals surface area contributed by atoms with Crippen molar-refractivity contribution in [3.8, 4) is 0 Å². The Morgan fingerprint density at radius 2 is 1.95 bits per heavy atom. The number of ether oxygens (including phenoxy) is 1. The Balaban J connectivity index is 2.90. The van der Waals surface area contributed by atoms with E-state index < -0.39 is 0 Å². The van der Waals surface area contributed by atoms with E-state index in [0.29, 0.717) is 17.9 Å². The van der Waals surface area contributed by atoms with Crippen molar-refractivity contribution in [3.63, 3.8) is 0 Å². The van der Waals surface area contributed by atoms with Crippen LogP contribution in [-0.4, -0.2) is 36.6 Å². The van der Waals surface area contributed by atoms with E-state index in [9.17, 15) is 4.79 Å². The Labute approximate surface area is 130 Å². The number of hydrogen-bond acceptors (Lipinski definition) is 3. The Morgan fingerprint density at radius 1 is 1.33 bits per heavy atom. The second-order valence-corrected chi connectivity index (χ2v) is 6.99. The minimum absolute atomic E-state index is 0.0818. The van der Waals surface area contributed by atoms with E-state index in [1.807, 2.05) is 6.92 Å². The fraction of sp³-hybridized carbons (Fsp3) is 0.833. The monoisotopic (exact) mass is 295 g/mol. The van der Waals surface area contributed by atoms with E-state index >= 15 is 0 Å². The molecule has 0 amide bonds. The van der Waals surface area contributed by atoms with Gasteiger partial charge in [-0.2, -0.15) is 0 Å². The average molecular weight is 295 g/mol. The van der Waals surface area contributed by atoms with Gasteiger partial charge in [-0.25, -0.2) is 4.79 Å². The van der Waals surface area contributed by atoms with Crippen LogP contribution in [0, 0.1) is 11.3 Å². The number of esters is 1. The summed E-state index contributed by atoms with van der Waals surface area (Å²) in [5.41, 5.74) is 1.61. The molecule has 0 aliphatic heterocycles. The van der Waals surface area contributed by atoms with Gasteiger partial charge in [0.05, 0.1) is 6.61 Å². The molecular formula is C18H33NO2. The molecule has 0 fully saturated rings. The van der Waals surface area contributed by atoms with Gasteiger partial charge in [0.15, 0.2) is 0 Å². The van der Waals surface area contributed by atoms with Crippen LogP contribution in [0.3, 0.4) is 0 Å². The number of hydrogen-bond donors (Lipinski definition) is 0. The first-order valence-corrected chi connectivity index (χ1v) is 8.44. The number of carbonyl (C=O) groups excluding carboxylic acids is 1. The molecule has 0 spiro atoms. The summed E-state index contributed by atoms with van der Waals surface area (Å²) in [7, 11) is 0. The van der Waals surface area contributed by atoms with Crippen molar-refractivity contribution < 1.29 is 9.53 Å². The molecule has 2 atom stereocenters. The molecule has 0 aromatic heterocycles. The standard InChI is InChI=1S/C18H33NO2/c1-7-19(8-2)16(17(20)21-9-3)14-10-12-15(13-11-14)18(4,5)6/h10,15-16H,7-9,11-13H2,1-6H3. The van der Waals surface area contributed by atoms with Gasteiger partial charge in [0.25, 0.3) is 0 Å². The summed E-state index contributed by atoms with van der Waals surface area (Å²) in [4.78, 5) is 14.6. The molecule has 0 bridgehead atoms. The zero-order valence-electron chi connectivity index (χ0n) is 14.7. The second-order valence-electron chi connectivity index (χ2n) is 6.99. The predicted octanol–water partition coefficient (Wildman–Crippen LogP) is 4.03. The summed E-state index contributed by atoms with van der Waals surface area (Å²) in [6.07, 6.45) is 5.57. The third kappa shape index (κ3) is 4.84. The summed E-state index contributed by atoms with van der Waals surface area (Å²) in [6, 6.07) is -0.180. The van der Waals surface area contributed by atoms with Gasteiger partial charge in [-0.15, -0.1) is 0 Å². The summed E-state index contributed by atoms with van der Waals surface area (Å²) in [5, 5.41) is 0. The summed E-state index contributed by atoms with van der Waals surface area (Å²) in [6.45, 7) is 15.2. The van der Waals surface area contributed by atoms with Crippen LogP contribution in [0.25, 0.3) is 0 Å². The van der Waals surface area contributed by atoms with Crippen LogP contribution in [0.15, 0.2) is 11.6 Å². The molecule has 2 unspecified atom stereocenters. The summed E-state index contributed by atoms with van der Waals surface area (Å²) >= 11 is 0. The van der Waals surface area contributed by atoms with Crippen molar-refractivity contribution >= 4 is 5.97 Å².